The average molecular weight is 609 g/mol. The Hall–Kier alpha value is -5.66. The number of hydrazone groups is 1. The highest BCUT2D eigenvalue weighted by Crippen LogP contribution is 2.39. The van der Waals surface area contributed by atoms with Crippen LogP contribution < -0.4 is 34.4 Å². The molecule has 3 aromatic carbocycles. The predicted octanol–water partition coefficient (Wildman–Crippen LogP) is 3.90. The molecule has 232 valence electrons. The van der Waals surface area contributed by atoms with E-state index in [1.54, 1.807) is 19.1 Å². The Morgan fingerprint density at radius 1 is 0.909 bits per heavy atom. The van der Waals surface area contributed by atoms with Gasteiger partial charge in [-0.05, 0) is 55.3 Å². The van der Waals surface area contributed by atoms with E-state index < -0.39 is 16.8 Å². The van der Waals surface area contributed by atoms with Gasteiger partial charge in [-0.1, -0.05) is 6.07 Å². The summed E-state index contributed by atoms with van der Waals surface area (Å²) >= 11 is 0. The number of hydrogen-bond donors (Lipinski definition) is 2. The maximum Gasteiger partial charge on any atom is 0.343 e. The van der Waals surface area contributed by atoms with E-state index in [4.69, 9.17) is 23.7 Å². The van der Waals surface area contributed by atoms with Crippen molar-refractivity contribution in [2.24, 2.45) is 5.10 Å². The zero-order valence-electron chi connectivity index (χ0n) is 24.6. The van der Waals surface area contributed by atoms with Crippen LogP contribution in [0.2, 0.25) is 0 Å². The van der Waals surface area contributed by atoms with Crippen molar-refractivity contribution in [2.75, 3.05) is 34.5 Å². The van der Waals surface area contributed by atoms with E-state index in [0.717, 1.165) is 0 Å². The number of methoxy groups -OCH3 is 3. The maximum atomic E-state index is 12.9. The topological polar surface area (TPSA) is 177 Å². The number of nitro groups is 1. The van der Waals surface area contributed by atoms with Gasteiger partial charge in [0.05, 0.1) is 44.6 Å². The van der Waals surface area contributed by atoms with Crippen LogP contribution in [-0.2, 0) is 4.79 Å². The lowest BCUT2D eigenvalue weighted by Crippen LogP contribution is -2.26. The molecular formula is C30H32N4O10. The highest BCUT2D eigenvalue weighted by atomic mass is 16.6. The predicted molar refractivity (Wildman–Crippen MR) is 159 cm³/mol. The summed E-state index contributed by atoms with van der Waals surface area (Å²) in [4.78, 5) is 47.6. The third-order valence-corrected chi connectivity index (χ3v) is 5.96. The second kappa shape index (κ2) is 16.1. The molecule has 0 aliphatic rings. The maximum absolute atomic E-state index is 12.9. The number of hydrogen-bond acceptors (Lipinski definition) is 11. The summed E-state index contributed by atoms with van der Waals surface area (Å²) in [6, 6.07) is 13.1. The second-order valence-electron chi connectivity index (χ2n) is 8.90. The molecular weight excluding hydrogens is 576 g/mol. The van der Waals surface area contributed by atoms with Crippen LogP contribution in [0.3, 0.4) is 0 Å². The Morgan fingerprint density at radius 2 is 1.64 bits per heavy atom. The Morgan fingerprint density at radius 3 is 2.27 bits per heavy atom. The molecule has 2 amide bonds. The molecule has 0 bridgehead atoms. The van der Waals surface area contributed by atoms with Crippen molar-refractivity contribution in [1.82, 2.24) is 10.7 Å². The number of nitro benzene ring substituents is 1. The first kappa shape index (κ1) is 32.8. The fourth-order valence-electron chi connectivity index (χ4n) is 3.86. The largest absolute Gasteiger partial charge is 0.493 e. The van der Waals surface area contributed by atoms with E-state index in [2.05, 4.69) is 15.8 Å². The van der Waals surface area contributed by atoms with Crippen molar-refractivity contribution in [3.05, 3.63) is 81.4 Å². The molecule has 3 aromatic rings. The van der Waals surface area contributed by atoms with Crippen molar-refractivity contribution >= 4 is 29.7 Å². The summed E-state index contributed by atoms with van der Waals surface area (Å²) < 4.78 is 27.1. The normalized spacial score (nSPS) is 10.5. The molecule has 0 aromatic heterocycles. The lowest BCUT2D eigenvalue weighted by atomic mass is 10.1. The number of benzene rings is 3. The molecule has 0 aliphatic heterocycles. The molecule has 0 aliphatic carbocycles. The summed E-state index contributed by atoms with van der Waals surface area (Å²) in [5, 5.41) is 17.4. The van der Waals surface area contributed by atoms with Crippen LogP contribution in [0.5, 0.6) is 28.7 Å². The number of carbonyl (C=O) groups excluding carboxylic acids is 3. The summed E-state index contributed by atoms with van der Waals surface area (Å²) in [5.74, 6) is -0.170. The molecule has 44 heavy (non-hydrogen) atoms. The molecule has 3 rings (SSSR count). The van der Waals surface area contributed by atoms with E-state index in [1.165, 1.54) is 70.0 Å². The standard InChI is InChI=1S/C30H32N4O10/c1-5-43-24-14-19(11-12-23(24)44-30(37)21-16-25(40-2)28(42-4)26(17-21)41-3)18-32-33-27(35)10-7-13-31-29(36)20-8-6-9-22(15-20)34(38)39/h6,8-9,11-12,14-18H,5,7,10,13H2,1-4H3,(H,31,36)(H,33,35)/b32-18+. The lowest BCUT2D eigenvalue weighted by Gasteiger charge is -2.15. The van der Waals surface area contributed by atoms with Gasteiger partial charge < -0.3 is 29.0 Å². The number of nitrogens with one attached hydrogen (secondary N) is 2. The molecule has 0 radical (unpaired) electrons. The number of carbonyl (C=O) groups is 3. The Labute approximate surface area is 253 Å². The smallest absolute Gasteiger partial charge is 0.343 e. The van der Waals surface area contributed by atoms with E-state index in [-0.39, 0.29) is 47.2 Å². The first-order chi connectivity index (χ1) is 21.2. The Bertz CT molecular complexity index is 1510. The number of ether oxygens (including phenoxy) is 5. The molecule has 0 spiro atoms. The molecule has 2 N–H and O–H groups in total. The Balaban J connectivity index is 1.55. The highest BCUT2D eigenvalue weighted by Gasteiger charge is 2.20. The van der Waals surface area contributed by atoms with E-state index >= 15 is 0 Å². The summed E-state index contributed by atoms with van der Waals surface area (Å²) in [5.41, 5.74) is 3.10. The van der Waals surface area contributed by atoms with Crippen LogP contribution in [-0.4, -0.2) is 63.4 Å². The number of rotatable bonds is 15. The van der Waals surface area contributed by atoms with Crippen LogP contribution in [0.25, 0.3) is 0 Å². The first-order valence-electron chi connectivity index (χ1n) is 13.3. The van der Waals surface area contributed by atoms with Crippen LogP contribution in [0.15, 0.2) is 59.7 Å². The van der Waals surface area contributed by atoms with Crippen molar-refractivity contribution in [3.63, 3.8) is 0 Å². The number of non-ortho nitro benzene ring substituents is 1. The van der Waals surface area contributed by atoms with Crippen molar-refractivity contribution in [3.8, 4) is 28.7 Å². The minimum atomic E-state index is -0.680. The van der Waals surface area contributed by atoms with E-state index in [9.17, 15) is 24.5 Å². The summed E-state index contributed by atoms with van der Waals surface area (Å²) in [6.07, 6.45) is 1.80. The van der Waals surface area contributed by atoms with Gasteiger partial charge >= 0.3 is 5.97 Å². The SMILES string of the molecule is CCOc1cc(/C=N/NC(=O)CCCNC(=O)c2cccc([N+](=O)[O-])c2)ccc1OC(=O)c1cc(OC)c(OC)c(OC)c1. The fraction of sp³-hybridized carbons (Fsp3) is 0.267. The highest BCUT2D eigenvalue weighted by molar-refractivity contribution is 5.95. The van der Waals surface area contributed by atoms with Crippen LogP contribution in [0.1, 0.15) is 46.0 Å². The fourth-order valence-corrected chi connectivity index (χ4v) is 3.86. The van der Waals surface area contributed by atoms with Crippen molar-refractivity contribution < 1.29 is 43.0 Å². The van der Waals surface area contributed by atoms with Gasteiger partial charge in [-0.15, -0.1) is 0 Å². The van der Waals surface area contributed by atoms with Crippen molar-refractivity contribution in [1.29, 1.82) is 0 Å². The second-order valence-corrected chi connectivity index (χ2v) is 8.90. The third kappa shape index (κ3) is 8.92. The number of nitrogens with zero attached hydrogens (tertiary/aromatic N) is 2. The van der Waals surface area contributed by atoms with Gasteiger partial charge in [-0.3, -0.25) is 19.7 Å². The van der Waals surface area contributed by atoms with Crippen molar-refractivity contribution in [2.45, 2.75) is 19.8 Å². The molecule has 0 atom stereocenters. The van der Waals surface area contributed by atoms with Crippen LogP contribution in [0.4, 0.5) is 5.69 Å². The monoisotopic (exact) mass is 608 g/mol. The zero-order valence-corrected chi connectivity index (χ0v) is 24.6. The first-order valence-corrected chi connectivity index (χ1v) is 13.3. The molecule has 14 nitrogen and oxygen atoms in total. The lowest BCUT2D eigenvalue weighted by molar-refractivity contribution is -0.384. The average Bonchev–Trinajstić information content (AvgIpc) is 3.03. The Kier molecular flexibility index (Phi) is 12.0. The summed E-state index contributed by atoms with van der Waals surface area (Å²) in [7, 11) is 4.33. The van der Waals surface area contributed by atoms with Gasteiger partial charge in [0.1, 0.15) is 0 Å². The summed E-state index contributed by atoms with van der Waals surface area (Å²) in [6.45, 7) is 2.26. The van der Waals surface area contributed by atoms with Gasteiger partial charge in [0.25, 0.3) is 11.6 Å². The number of amides is 2. The minimum absolute atomic E-state index is 0.0760. The molecule has 0 saturated carbocycles. The third-order valence-electron chi connectivity index (χ3n) is 5.96. The molecule has 0 saturated heterocycles. The van der Waals surface area contributed by atoms with Gasteiger partial charge in [-0.25, -0.2) is 10.2 Å². The van der Waals surface area contributed by atoms with Crippen LogP contribution in [0, 0.1) is 10.1 Å². The quantitative estimate of drug-likeness (QED) is 0.0642. The van der Waals surface area contributed by atoms with Gasteiger partial charge in [0.15, 0.2) is 23.0 Å². The number of esters is 1. The minimum Gasteiger partial charge on any atom is -0.493 e. The zero-order chi connectivity index (χ0) is 32.1. The molecule has 14 heteroatoms. The van der Waals surface area contributed by atoms with Gasteiger partial charge in [-0.2, -0.15) is 5.10 Å². The van der Waals surface area contributed by atoms with Gasteiger partial charge in [0.2, 0.25) is 11.7 Å². The molecule has 0 fully saturated rings. The van der Waals surface area contributed by atoms with Gasteiger partial charge in [0, 0.05) is 30.7 Å². The molecule has 0 heterocycles. The molecule has 0 unspecified atom stereocenters. The van der Waals surface area contributed by atoms with E-state index in [0.29, 0.717) is 35.8 Å². The van der Waals surface area contributed by atoms with E-state index in [1.807, 2.05) is 0 Å². The van der Waals surface area contributed by atoms with Crippen LogP contribution >= 0.6 is 0 Å².